The van der Waals surface area contributed by atoms with Gasteiger partial charge in [0.15, 0.2) is 0 Å². The predicted molar refractivity (Wildman–Crippen MR) is 72.6 cm³/mol. The van der Waals surface area contributed by atoms with Crippen LogP contribution in [0.5, 0.6) is 0 Å². The second kappa shape index (κ2) is 4.30. The molecule has 1 fully saturated rings. The first-order valence-electron chi connectivity index (χ1n) is 6.20. The molecule has 0 amide bonds. The van der Waals surface area contributed by atoms with Crippen molar-refractivity contribution in [2.75, 3.05) is 0 Å². The van der Waals surface area contributed by atoms with Gasteiger partial charge in [0.2, 0.25) is 6.08 Å². The van der Waals surface area contributed by atoms with Crippen LogP contribution < -0.4 is 0 Å². The second-order valence-corrected chi connectivity index (χ2v) is 6.09. The summed E-state index contributed by atoms with van der Waals surface area (Å²) in [4.78, 5) is 19.3. The van der Waals surface area contributed by atoms with Crippen molar-refractivity contribution < 1.29 is 4.79 Å². The highest BCUT2D eigenvalue weighted by Crippen LogP contribution is 2.43. The summed E-state index contributed by atoms with van der Waals surface area (Å²) >= 11 is 1.69. The minimum atomic E-state index is -0.326. The molecule has 2 aromatic rings. The van der Waals surface area contributed by atoms with Gasteiger partial charge in [0.1, 0.15) is 0 Å². The molecule has 92 valence electrons. The summed E-state index contributed by atoms with van der Waals surface area (Å²) < 4.78 is 1.18. The van der Waals surface area contributed by atoms with E-state index in [2.05, 4.69) is 22.1 Å². The molecule has 1 heterocycles. The van der Waals surface area contributed by atoms with Crippen molar-refractivity contribution >= 4 is 27.6 Å². The van der Waals surface area contributed by atoms with Gasteiger partial charge in [-0.2, -0.15) is 4.99 Å². The Morgan fingerprint density at radius 1 is 1.39 bits per heavy atom. The van der Waals surface area contributed by atoms with Crippen molar-refractivity contribution in [1.82, 2.24) is 4.98 Å². The maximum absolute atomic E-state index is 10.7. The molecule has 0 atom stereocenters. The van der Waals surface area contributed by atoms with E-state index in [9.17, 15) is 4.79 Å². The number of rotatable bonds is 2. The van der Waals surface area contributed by atoms with Crippen LogP contribution in [0.2, 0.25) is 0 Å². The zero-order chi connectivity index (χ0) is 12.6. The summed E-state index contributed by atoms with van der Waals surface area (Å²) in [6.07, 6.45) is 5.92. The van der Waals surface area contributed by atoms with E-state index in [1.807, 2.05) is 13.0 Å². The van der Waals surface area contributed by atoms with Gasteiger partial charge in [0.05, 0.1) is 20.8 Å². The van der Waals surface area contributed by atoms with E-state index in [1.54, 1.807) is 17.4 Å². The van der Waals surface area contributed by atoms with Crippen LogP contribution in [0.4, 0.5) is 0 Å². The Kier molecular flexibility index (Phi) is 2.77. The number of aliphatic imine (C=N–C) groups is 1. The minimum absolute atomic E-state index is 0.326. The largest absolute Gasteiger partial charge is 0.242 e. The molecule has 0 radical (unpaired) electrons. The topological polar surface area (TPSA) is 42.3 Å². The van der Waals surface area contributed by atoms with E-state index in [1.165, 1.54) is 4.70 Å². The summed E-state index contributed by atoms with van der Waals surface area (Å²) in [6, 6.07) is 6.24. The molecular weight excluding hydrogens is 244 g/mol. The maximum Gasteiger partial charge on any atom is 0.235 e. The molecular formula is C14H14N2OS. The monoisotopic (exact) mass is 258 g/mol. The molecule has 1 aliphatic carbocycles. The van der Waals surface area contributed by atoms with Gasteiger partial charge in [0.25, 0.3) is 0 Å². The smallest absolute Gasteiger partial charge is 0.235 e. The van der Waals surface area contributed by atoms with Crippen molar-refractivity contribution in [3.8, 4) is 0 Å². The van der Waals surface area contributed by atoms with Gasteiger partial charge in [-0.25, -0.2) is 9.78 Å². The van der Waals surface area contributed by atoms with Gasteiger partial charge in [-0.1, -0.05) is 18.9 Å². The molecule has 0 N–H and O–H groups in total. The van der Waals surface area contributed by atoms with Crippen LogP contribution in [0.25, 0.3) is 10.2 Å². The minimum Gasteiger partial charge on any atom is -0.242 e. The number of thiazole rings is 1. The van der Waals surface area contributed by atoms with Crippen LogP contribution in [-0.2, 0) is 10.3 Å². The lowest BCUT2D eigenvalue weighted by molar-refractivity contribution is 0.456. The quantitative estimate of drug-likeness (QED) is 0.608. The lowest BCUT2D eigenvalue weighted by atomic mass is 9.89. The number of aromatic nitrogens is 1. The van der Waals surface area contributed by atoms with E-state index in [-0.39, 0.29) is 5.54 Å². The van der Waals surface area contributed by atoms with Gasteiger partial charge in [-0.3, -0.25) is 0 Å². The van der Waals surface area contributed by atoms with E-state index in [4.69, 9.17) is 0 Å². The van der Waals surface area contributed by atoms with Crippen molar-refractivity contribution in [1.29, 1.82) is 0 Å². The predicted octanol–water partition coefficient (Wildman–Crippen LogP) is 3.71. The third kappa shape index (κ3) is 1.78. The molecule has 1 aromatic carbocycles. The van der Waals surface area contributed by atoms with Gasteiger partial charge < -0.3 is 0 Å². The van der Waals surface area contributed by atoms with Crippen molar-refractivity contribution in [2.45, 2.75) is 38.1 Å². The van der Waals surface area contributed by atoms with Crippen LogP contribution in [0.1, 0.15) is 36.3 Å². The summed E-state index contributed by atoms with van der Waals surface area (Å²) in [6.45, 7) is 2.01. The fraction of sp³-hybridized carbons (Fsp3) is 0.429. The molecule has 0 aliphatic heterocycles. The zero-order valence-corrected chi connectivity index (χ0v) is 11.1. The molecule has 1 saturated carbocycles. The standard InChI is InChI=1S/C14H14N2OS/c1-10-16-12-5-4-11(8-13(12)18-10)14(15-9-17)6-2-3-7-14/h4-5,8H,2-3,6-7H2,1H3. The van der Waals surface area contributed by atoms with Crippen LogP contribution >= 0.6 is 11.3 Å². The fourth-order valence-corrected chi connectivity index (χ4v) is 3.71. The van der Waals surface area contributed by atoms with Crippen molar-refractivity contribution in [2.24, 2.45) is 4.99 Å². The Morgan fingerprint density at radius 2 is 2.17 bits per heavy atom. The first-order valence-corrected chi connectivity index (χ1v) is 7.02. The number of benzene rings is 1. The van der Waals surface area contributed by atoms with E-state index < -0.39 is 0 Å². The molecule has 0 unspecified atom stereocenters. The average Bonchev–Trinajstić information content (AvgIpc) is 2.94. The third-order valence-corrected chi connectivity index (χ3v) is 4.66. The third-order valence-electron chi connectivity index (χ3n) is 3.72. The number of isocyanates is 1. The van der Waals surface area contributed by atoms with Gasteiger partial charge in [0, 0.05) is 0 Å². The average molecular weight is 258 g/mol. The molecule has 3 nitrogen and oxygen atoms in total. The Bertz CT molecular complexity index is 634. The Hall–Kier alpha value is -1.51. The fourth-order valence-electron chi connectivity index (χ4n) is 2.84. The SMILES string of the molecule is Cc1nc2ccc(C3(N=C=O)CCCC3)cc2s1. The molecule has 0 bridgehead atoms. The summed E-state index contributed by atoms with van der Waals surface area (Å²) in [7, 11) is 0. The van der Waals surface area contributed by atoms with Gasteiger partial charge in [-0.15, -0.1) is 11.3 Å². The maximum atomic E-state index is 10.7. The molecule has 1 aromatic heterocycles. The highest BCUT2D eigenvalue weighted by Gasteiger charge is 2.35. The number of hydrogen-bond donors (Lipinski definition) is 0. The Morgan fingerprint density at radius 3 is 2.89 bits per heavy atom. The number of fused-ring (bicyclic) bond motifs is 1. The van der Waals surface area contributed by atoms with Gasteiger partial charge in [-0.05, 0) is 37.5 Å². The number of carbonyl (C=O) groups excluding carboxylic acids is 1. The van der Waals surface area contributed by atoms with E-state index in [0.29, 0.717) is 0 Å². The Balaban J connectivity index is 2.14. The molecule has 3 rings (SSSR count). The second-order valence-electron chi connectivity index (χ2n) is 4.86. The normalized spacial score (nSPS) is 17.8. The zero-order valence-electron chi connectivity index (χ0n) is 10.3. The van der Waals surface area contributed by atoms with Crippen LogP contribution in [0.3, 0.4) is 0 Å². The van der Waals surface area contributed by atoms with Crippen molar-refractivity contribution in [3.63, 3.8) is 0 Å². The molecule has 4 heteroatoms. The molecule has 0 saturated heterocycles. The Labute approximate surface area is 110 Å². The van der Waals surface area contributed by atoms with Crippen LogP contribution in [0.15, 0.2) is 23.2 Å². The summed E-state index contributed by atoms with van der Waals surface area (Å²) in [5.74, 6) is 0. The van der Waals surface area contributed by atoms with Crippen LogP contribution in [0, 0.1) is 6.92 Å². The highest BCUT2D eigenvalue weighted by atomic mass is 32.1. The number of hydrogen-bond acceptors (Lipinski definition) is 4. The lowest BCUT2D eigenvalue weighted by Gasteiger charge is -2.22. The first-order chi connectivity index (χ1) is 8.73. The van der Waals surface area contributed by atoms with E-state index >= 15 is 0 Å². The molecule has 0 spiro atoms. The van der Waals surface area contributed by atoms with Crippen molar-refractivity contribution in [3.05, 3.63) is 28.8 Å². The highest BCUT2D eigenvalue weighted by molar-refractivity contribution is 7.18. The summed E-state index contributed by atoms with van der Waals surface area (Å²) in [5.41, 5.74) is 1.84. The van der Waals surface area contributed by atoms with Gasteiger partial charge >= 0.3 is 0 Å². The summed E-state index contributed by atoms with van der Waals surface area (Å²) in [5, 5.41) is 1.07. The lowest BCUT2D eigenvalue weighted by Crippen LogP contribution is -2.18. The number of nitrogens with zero attached hydrogens (tertiary/aromatic N) is 2. The first kappa shape index (κ1) is 11.6. The molecule has 18 heavy (non-hydrogen) atoms. The van der Waals surface area contributed by atoms with Crippen LogP contribution in [-0.4, -0.2) is 11.1 Å². The van der Waals surface area contributed by atoms with E-state index in [0.717, 1.165) is 41.8 Å². The molecule has 1 aliphatic rings. The number of aryl methyl sites for hydroxylation is 1.